The average Bonchev–Trinajstić information content (AvgIpc) is 2.67. The van der Waals surface area contributed by atoms with Crippen molar-refractivity contribution in [2.75, 3.05) is 0 Å². The molecule has 1 aromatic rings. The van der Waals surface area contributed by atoms with Gasteiger partial charge in [0.05, 0.1) is 5.56 Å². The summed E-state index contributed by atoms with van der Waals surface area (Å²) in [6, 6.07) is 4.49. The molecule has 0 amide bonds. The molecule has 0 saturated heterocycles. The van der Waals surface area contributed by atoms with Crippen LogP contribution in [0.4, 0.5) is 4.39 Å². The summed E-state index contributed by atoms with van der Waals surface area (Å²) >= 11 is 0. The number of benzene rings is 1. The molecule has 0 radical (unpaired) electrons. The summed E-state index contributed by atoms with van der Waals surface area (Å²) in [7, 11) is 0. The highest BCUT2D eigenvalue weighted by Crippen LogP contribution is 2.27. The molecule has 3 heteroatoms. The highest BCUT2D eigenvalue weighted by molar-refractivity contribution is 6.01. The number of hydrogen-bond acceptors (Lipinski definition) is 2. The van der Waals surface area contributed by atoms with Crippen molar-refractivity contribution in [2.24, 2.45) is 5.92 Å². The molecule has 0 spiro atoms. The van der Waals surface area contributed by atoms with Crippen molar-refractivity contribution in [3.8, 4) is 0 Å². The van der Waals surface area contributed by atoms with Gasteiger partial charge in [0, 0.05) is 18.8 Å². The minimum absolute atomic E-state index is 0.103. The van der Waals surface area contributed by atoms with Crippen molar-refractivity contribution in [1.82, 2.24) is 0 Å². The molecule has 1 aromatic carbocycles. The molecule has 0 aliphatic heterocycles. The lowest BCUT2D eigenvalue weighted by Gasteiger charge is -2.08. The lowest BCUT2D eigenvalue weighted by molar-refractivity contribution is -0.117. The first kappa shape index (κ1) is 11.0. The van der Waals surface area contributed by atoms with E-state index in [-0.39, 0.29) is 29.5 Å². The normalized spacial score (nSPS) is 20.1. The predicted octanol–water partition coefficient (Wildman–Crippen LogP) is 2.69. The van der Waals surface area contributed by atoms with Crippen LogP contribution in [0.5, 0.6) is 0 Å². The van der Waals surface area contributed by atoms with E-state index < -0.39 is 5.82 Å². The van der Waals surface area contributed by atoms with Crippen LogP contribution < -0.4 is 0 Å². The first-order chi connectivity index (χ1) is 7.58. The van der Waals surface area contributed by atoms with Crippen molar-refractivity contribution in [3.63, 3.8) is 0 Å². The molecular weight excluding hydrogens is 207 g/mol. The van der Waals surface area contributed by atoms with Crippen LogP contribution in [0.3, 0.4) is 0 Å². The highest BCUT2D eigenvalue weighted by atomic mass is 19.1. The van der Waals surface area contributed by atoms with Crippen molar-refractivity contribution < 1.29 is 14.0 Å². The SMILES string of the molecule is Cc1ccc(F)c(C(=O)C2CCC(=O)C2)c1. The van der Waals surface area contributed by atoms with Gasteiger partial charge in [-0.25, -0.2) is 4.39 Å². The maximum atomic E-state index is 13.5. The van der Waals surface area contributed by atoms with Crippen molar-refractivity contribution in [1.29, 1.82) is 0 Å². The second-order valence-corrected chi connectivity index (χ2v) is 4.33. The van der Waals surface area contributed by atoms with Crippen LogP contribution in [-0.2, 0) is 4.79 Å². The van der Waals surface area contributed by atoms with Gasteiger partial charge in [0.2, 0.25) is 0 Å². The molecule has 16 heavy (non-hydrogen) atoms. The average molecular weight is 220 g/mol. The second kappa shape index (κ2) is 4.16. The minimum atomic E-state index is -0.491. The zero-order valence-electron chi connectivity index (χ0n) is 9.13. The lowest BCUT2D eigenvalue weighted by Crippen LogP contribution is -2.13. The molecule has 1 unspecified atom stereocenters. The Balaban J connectivity index is 2.27. The molecule has 2 nitrogen and oxygen atoms in total. The molecule has 0 aromatic heterocycles. The quantitative estimate of drug-likeness (QED) is 0.718. The largest absolute Gasteiger partial charge is 0.300 e. The standard InChI is InChI=1S/C13H13FO2/c1-8-2-5-12(14)11(6-8)13(16)9-3-4-10(15)7-9/h2,5-6,9H,3-4,7H2,1H3. The van der Waals surface area contributed by atoms with E-state index in [1.165, 1.54) is 6.07 Å². The molecule has 2 rings (SSSR count). The van der Waals surface area contributed by atoms with E-state index in [0.717, 1.165) is 5.56 Å². The number of Topliss-reactive ketones (excluding diaryl/α,β-unsaturated/α-hetero) is 2. The first-order valence-electron chi connectivity index (χ1n) is 5.40. The minimum Gasteiger partial charge on any atom is -0.300 e. The van der Waals surface area contributed by atoms with Crippen LogP contribution in [0.1, 0.15) is 35.2 Å². The number of hydrogen-bond donors (Lipinski definition) is 0. The van der Waals surface area contributed by atoms with Gasteiger partial charge in [-0.1, -0.05) is 11.6 Å². The summed E-state index contributed by atoms with van der Waals surface area (Å²) in [4.78, 5) is 23.1. The van der Waals surface area contributed by atoms with Gasteiger partial charge in [0.25, 0.3) is 0 Å². The van der Waals surface area contributed by atoms with Gasteiger partial charge in [-0.15, -0.1) is 0 Å². The van der Waals surface area contributed by atoms with Gasteiger partial charge in [-0.05, 0) is 25.5 Å². The van der Waals surface area contributed by atoms with Crippen LogP contribution in [-0.4, -0.2) is 11.6 Å². The fraction of sp³-hybridized carbons (Fsp3) is 0.385. The highest BCUT2D eigenvalue weighted by Gasteiger charge is 2.30. The van der Waals surface area contributed by atoms with Gasteiger partial charge < -0.3 is 0 Å². The molecule has 1 saturated carbocycles. The Morgan fingerprint density at radius 3 is 2.81 bits per heavy atom. The summed E-state index contributed by atoms with van der Waals surface area (Å²) in [5.74, 6) is -0.933. The van der Waals surface area contributed by atoms with Gasteiger partial charge in [0.1, 0.15) is 11.6 Å². The Hall–Kier alpha value is -1.51. The van der Waals surface area contributed by atoms with Crippen molar-refractivity contribution >= 4 is 11.6 Å². The molecule has 0 bridgehead atoms. The summed E-state index contributed by atoms with van der Waals surface area (Å²) in [5, 5.41) is 0. The molecular formula is C13H13FO2. The van der Waals surface area contributed by atoms with Crippen molar-refractivity contribution in [3.05, 3.63) is 35.1 Å². The topological polar surface area (TPSA) is 34.1 Å². The molecule has 84 valence electrons. The number of aryl methyl sites for hydroxylation is 1. The maximum absolute atomic E-state index is 13.5. The Morgan fingerprint density at radius 2 is 2.19 bits per heavy atom. The van der Waals surface area contributed by atoms with Crippen LogP contribution >= 0.6 is 0 Å². The number of carbonyl (C=O) groups is 2. The third-order valence-corrected chi connectivity index (χ3v) is 3.00. The van der Waals surface area contributed by atoms with E-state index in [1.807, 2.05) is 6.92 Å². The zero-order valence-corrected chi connectivity index (χ0v) is 9.13. The Morgan fingerprint density at radius 1 is 1.44 bits per heavy atom. The molecule has 0 heterocycles. The molecule has 1 fully saturated rings. The van der Waals surface area contributed by atoms with E-state index in [0.29, 0.717) is 12.8 Å². The fourth-order valence-corrected chi connectivity index (χ4v) is 2.09. The Labute approximate surface area is 93.5 Å². The van der Waals surface area contributed by atoms with Crippen LogP contribution in [0.15, 0.2) is 18.2 Å². The molecule has 1 aliphatic rings. The first-order valence-corrected chi connectivity index (χ1v) is 5.40. The number of rotatable bonds is 2. The number of carbonyl (C=O) groups excluding carboxylic acids is 2. The van der Waals surface area contributed by atoms with Gasteiger partial charge in [-0.2, -0.15) is 0 Å². The fourth-order valence-electron chi connectivity index (χ4n) is 2.09. The monoisotopic (exact) mass is 220 g/mol. The lowest BCUT2D eigenvalue weighted by atomic mass is 9.95. The molecule has 0 N–H and O–H groups in total. The smallest absolute Gasteiger partial charge is 0.169 e. The van der Waals surface area contributed by atoms with Gasteiger partial charge >= 0.3 is 0 Å². The van der Waals surface area contributed by atoms with Crippen LogP contribution in [0.25, 0.3) is 0 Å². The summed E-state index contributed by atoms with van der Waals surface area (Å²) < 4.78 is 13.5. The third-order valence-electron chi connectivity index (χ3n) is 3.00. The van der Waals surface area contributed by atoms with E-state index >= 15 is 0 Å². The Bertz CT molecular complexity index is 451. The second-order valence-electron chi connectivity index (χ2n) is 4.33. The summed E-state index contributed by atoms with van der Waals surface area (Å²) in [6.07, 6.45) is 1.28. The van der Waals surface area contributed by atoms with E-state index in [1.54, 1.807) is 12.1 Å². The van der Waals surface area contributed by atoms with Crippen LogP contribution in [0.2, 0.25) is 0 Å². The third kappa shape index (κ3) is 2.03. The van der Waals surface area contributed by atoms with E-state index in [4.69, 9.17) is 0 Å². The van der Waals surface area contributed by atoms with Crippen molar-refractivity contribution in [2.45, 2.75) is 26.2 Å². The predicted molar refractivity (Wildman–Crippen MR) is 57.8 cm³/mol. The molecule has 1 aliphatic carbocycles. The number of halogens is 1. The summed E-state index contributed by atoms with van der Waals surface area (Å²) in [5.41, 5.74) is 0.980. The van der Waals surface area contributed by atoms with Gasteiger partial charge in [0.15, 0.2) is 5.78 Å². The Kier molecular flexibility index (Phi) is 2.86. The maximum Gasteiger partial charge on any atom is 0.169 e. The van der Waals surface area contributed by atoms with Crippen LogP contribution in [0, 0.1) is 18.7 Å². The van der Waals surface area contributed by atoms with Gasteiger partial charge in [-0.3, -0.25) is 9.59 Å². The van der Waals surface area contributed by atoms with E-state index in [2.05, 4.69) is 0 Å². The van der Waals surface area contributed by atoms with E-state index in [9.17, 15) is 14.0 Å². The summed E-state index contributed by atoms with van der Waals surface area (Å²) in [6.45, 7) is 1.82. The zero-order chi connectivity index (χ0) is 11.7. The number of ketones is 2. The molecule has 1 atom stereocenters.